The van der Waals surface area contributed by atoms with Gasteiger partial charge >= 0.3 is 0 Å². The summed E-state index contributed by atoms with van der Waals surface area (Å²) >= 11 is 0. The zero-order valence-corrected chi connectivity index (χ0v) is 10.8. The van der Waals surface area contributed by atoms with Gasteiger partial charge in [-0.25, -0.2) is 4.98 Å². The van der Waals surface area contributed by atoms with E-state index in [2.05, 4.69) is 31.6 Å². The third-order valence-corrected chi connectivity index (χ3v) is 2.68. The molecule has 0 aliphatic rings. The second-order valence-corrected chi connectivity index (χ2v) is 4.18. The van der Waals surface area contributed by atoms with Gasteiger partial charge in [0.25, 0.3) is 0 Å². The molecule has 0 amide bonds. The van der Waals surface area contributed by atoms with E-state index in [0.717, 1.165) is 30.4 Å². The molecule has 2 aromatic heterocycles. The Morgan fingerprint density at radius 2 is 2.33 bits per heavy atom. The van der Waals surface area contributed by atoms with Crippen LogP contribution < -0.4 is 5.32 Å². The highest BCUT2D eigenvalue weighted by Gasteiger charge is 2.06. The van der Waals surface area contributed by atoms with E-state index in [9.17, 15) is 0 Å². The molecule has 1 N–H and O–H groups in total. The summed E-state index contributed by atoms with van der Waals surface area (Å²) in [5.74, 6) is 1.84. The molecule has 0 unspecified atom stereocenters. The van der Waals surface area contributed by atoms with E-state index in [1.54, 1.807) is 6.33 Å². The van der Waals surface area contributed by atoms with Crippen molar-refractivity contribution in [3.63, 3.8) is 0 Å². The fourth-order valence-corrected chi connectivity index (χ4v) is 1.78. The number of imidazole rings is 1. The van der Waals surface area contributed by atoms with Gasteiger partial charge in [-0.3, -0.25) is 0 Å². The molecule has 6 heteroatoms. The van der Waals surface area contributed by atoms with E-state index in [-0.39, 0.29) is 0 Å². The summed E-state index contributed by atoms with van der Waals surface area (Å²) in [7, 11) is 1.95. The van der Waals surface area contributed by atoms with Gasteiger partial charge in [0.05, 0.1) is 5.69 Å². The third-order valence-electron chi connectivity index (χ3n) is 2.68. The Bertz CT molecular complexity index is 524. The minimum atomic E-state index is 0.709. The fraction of sp³-hybridized carbons (Fsp3) is 0.417. The number of hydrogen-bond acceptors (Lipinski definition) is 4. The Morgan fingerprint density at radius 1 is 1.50 bits per heavy atom. The first kappa shape index (κ1) is 12.3. The Kier molecular flexibility index (Phi) is 3.76. The molecule has 6 nitrogen and oxygen atoms in total. The van der Waals surface area contributed by atoms with Crippen molar-refractivity contribution in [2.75, 3.05) is 11.9 Å². The highest BCUT2D eigenvalue weighted by Crippen LogP contribution is 2.09. The Morgan fingerprint density at radius 3 is 3.00 bits per heavy atom. The molecule has 18 heavy (non-hydrogen) atoms. The van der Waals surface area contributed by atoms with Crippen molar-refractivity contribution < 1.29 is 0 Å². The monoisotopic (exact) mass is 246 g/mol. The normalized spacial score (nSPS) is 10.6. The molecule has 0 spiro atoms. The van der Waals surface area contributed by atoms with Crippen molar-refractivity contribution in [3.05, 3.63) is 36.7 Å². The predicted octanol–water partition coefficient (Wildman–Crippen LogP) is 1.16. The van der Waals surface area contributed by atoms with Crippen LogP contribution in [0.5, 0.6) is 0 Å². The maximum atomic E-state index is 4.43. The van der Waals surface area contributed by atoms with Crippen LogP contribution in [0.1, 0.15) is 11.5 Å². The molecule has 0 atom stereocenters. The first-order valence-corrected chi connectivity index (χ1v) is 5.92. The maximum Gasteiger partial charge on any atom is 0.203 e. The van der Waals surface area contributed by atoms with Crippen molar-refractivity contribution in [1.82, 2.24) is 24.3 Å². The molecule has 2 heterocycles. The van der Waals surface area contributed by atoms with E-state index in [4.69, 9.17) is 0 Å². The molecule has 0 radical (unpaired) electrons. The van der Waals surface area contributed by atoms with Gasteiger partial charge in [0.2, 0.25) is 5.95 Å². The van der Waals surface area contributed by atoms with Crippen LogP contribution in [-0.4, -0.2) is 30.9 Å². The largest absolute Gasteiger partial charge is 0.352 e. The molecule has 0 bridgehead atoms. The van der Waals surface area contributed by atoms with Crippen molar-refractivity contribution in [2.45, 2.75) is 19.9 Å². The molecule has 0 fully saturated rings. The van der Waals surface area contributed by atoms with Gasteiger partial charge in [0.1, 0.15) is 12.2 Å². The van der Waals surface area contributed by atoms with Crippen LogP contribution in [0.25, 0.3) is 0 Å². The second-order valence-electron chi connectivity index (χ2n) is 4.18. The zero-order valence-electron chi connectivity index (χ0n) is 10.8. The second kappa shape index (κ2) is 5.48. The highest BCUT2D eigenvalue weighted by molar-refractivity contribution is 5.29. The van der Waals surface area contributed by atoms with Gasteiger partial charge in [-0.15, -0.1) is 16.8 Å². The summed E-state index contributed by atoms with van der Waals surface area (Å²) in [6.07, 6.45) is 6.39. The summed E-state index contributed by atoms with van der Waals surface area (Å²) in [6, 6.07) is 0. The van der Waals surface area contributed by atoms with Gasteiger partial charge in [-0.1, -0.05) is 6.08 Å². The van der Waals surface area contributed by atoms with Crippen molar-refractivity contribution in [1.29, 1.82) is 0 Å². The molecule has 0 aromatic carbocycles. The molecule has 2 aromatic rings. The fourth-order valence-electron chi connectivity index (χ4n) is 1.78. The number of rotatable bonds is 6. The number of aryl methyl sites for hydroxylation is 4. The number of hydrogen-bond donors (Lipinski definition) is 1. The summed E-state index contributed by atoms with van der Waals surface area (Å²) < 4.78 is 4.02. The molecule has 0 aliphatic heterocycles. The van der Waals surface area contributed by atoms with Crippen LogP contribution in [0.2, 0.25) is 0 Å². The third kappa shape index (κ3) is 2.77. The topological polar surface area (TPSA) is 60.6 Å². The molecule has 2 rings (SSSR count). The first-order chi connectivity index (χ1) is 8.70. The zero-order chi connectivity index (χ0) is 13.0. The van der Waals surface area contributed by atoms with E-state index in [1.807, 2.05) is 30.8 Å². The Hall–Kier alpha value is -2.11. The van der Waals surface area contributed by atoms with Crippen LogP contribution in [0, 0.1) is 6.92 Å². The molecular formula is C12H18N6. The van der Waals surface area contributed by atoms with Gasteiger partial charge in [-0.2, -0.15) is 0 Å². The number of anilines is 1. The van der Waals surface area contributed by atoms with Gasteiger partial charge in [0.15, 0.2) is 0 Å². The molecular weight excluding hydrogens is 228 g/mol. The summed E-state index contributed by atoms with van der Waals surface area (Å²) in [6.45, 7) is 7.21. The molecule has 0 aliphatic carbocycles. The Labute approximate surface area is 106 Å². The van der Waals surface area contributed by atoms with Crippen LogP contribution in [0.4, 0.5) is 5.95 Å². The van der Waals surface area contributed by atoms with Crippen molar-refractivity contribution >= 4 is 5.95 Å². The van der Waals surface area contributed by atoms with Crippen LogP contribution >= 0.6 is 0 Å². The van der Waals surface area contributed by atoms with Crippen molar-refractivity contribution in [3.8, 4) is 0 Å². The first-order valence-electron chi connectivity index (χ1n) is 5.92. The summed E-state index contributed by atoms with van der Waals surface area (Å²) in [4.78, 5) is 4.43. The lowest BCUT2D eigenvalue weighted by molar-refractivity contribution is 0.652. The molecule has 96 valence electrons. The van der Waals surface area contributed by atoms with E-state index in [1.165, 1.54) is 0 Å². The average Bonchev–Trinajstić information content (AvgIpc) is 2.90. The average molecular weight is 246 g/mol. The lowest BCUT2D eigenvalue weighted by Crippen LogP contribution is -2.10. The van der Waals surface area contributed by atoms with Gasteiger partial charge in [0, 0.05) is 32.8 Å². The lowest BCUT2D eigenvalue weighted by atomic mass is 10.4. The number of aromatic nitrogens is 5. The number of nitrogens with zero attached hydrogens (tertiary/aromatic N) is 5. The SMILES string of the molecule is C=CCNc1nc(C)cn1CCc1nncn1C. The lowest BCUT2D eigenvalue weighted by Gasteiger charge is -2.07. The highest BCUT2D eigenvalue weighted by atomic mass is 15.3. The standard InChI is InChI=1S/C12H18N6/c1-4-6-13-12-15-10(2)8-18(12)7-5-11-16-14-9-17(11)3/h4,8-9H,1,5-7H2,2-3H3,(H,13,15). The molecule has 0 saturated heterocycles. The van der Waals surface area contributed by atoms with E-state index >= 15 is 0 Å². The minimum absolute atomic E-state index is 0.709. The maximum absolute atomic E-state index is 4.43. The predicted molar refractivity (Wildman–Crippen MR) is 70.4 cm³/mol. The minimum Gasteiger partial charge on any atom is -0.352 e. The molecule has 0 saturated carbocycles. The van der Waals surface area contributed by atoms with Crippen molar-refractivity contribution in [2.24, 2.45) is 7.05 Å². The van der Waals surface area contributed by atoms with Crippen LogP contribution in [0.15, 0.2) is 25.2 Å². The van der Waals surface area contributed by atoms with Crippen LogP contribution in [-0.2, 0) is 20.0 Å². The summed E-state index contributed by atoms with van der Waals surface area (Å²) in [5, 5.41) is 11.2. The van der Waals surface area contributed by atoms with Crippen LogP contribution in [0.3, 0.4) is 0 Å². The van der Waals surface area contributed by atoms with E-state index in [0.29, 0.717) is 6.54 Å². The van der Waals surface area contributed by atoms with Gasteiger partial charge < -0.3 is 14.5 Å². The smallest absolute Gasteiger partial charge is 0.203 e. The van der Waals surface area contributed by atoms with E-state index < -0.39 is 0 Å². The quantitative estimate of drug-likeness (QED) is 0.777. The van der Waals surface area contributed by atoms with Gasteiger partial charge in [-0.05, 0) is 6.92 Å². The summed E-state index contributed by atoms with van der Waals surface area (Å²) in [5.41, 5.74) is 1.000. The number of nitrogens with one attached hydrogen (secondary N) is 1. The Balaban J connectivity index is 2.04.